The van der Waals surface area contributed by atoms with E-state index in [1.54, 1.807) is 0 Å². The van der Waals surface area contributed by atoms with Crippen molar-refractivity contribution in [2.24, 2.45) is 5.92 Å². The van der Waals surface area contributed by atoms with Crippen LogP contribution < -0.4 is 39.2 Å². The van der Waals surface area contributed by atoms with Gasteiger partial charge in [-0.15, -0.1) is 0 Å². The summed E-state index contributed by atoms with van der Waals surface area (Å²) >= 11 is 0. The molecule has 8 aromatic heterocycles. The highest BCUT2D eigenvalue weighted by Crippen LogP contribution is 2.32. The Hall–Kier alpha value is -8.97. The normalized spacial score (nSPS) is 17.3. The molecule has 7 aliphatic heterocycles. The lowest BCUT2D eigenvalue weighted by atomic mass is 9.88. The quantitative estimate of drug-likeness (QED) is 0.111. The van der Waals surface area contributed by atoms with Gasteiger partial charge in [-0.25, -0.2) is 39.9 Å². The molecule has 7 saturated heterocycles. The molecule has 138 heavy (non-hydrogen) atoms. The number of likely N-dealkylation sites (tertiary alicyclic amines) is 1. The number of piperidine rings is 5. The molecule has 1 atom stereocenters. The predicted octanol–water partition coefficient (Wildman–Crippen LogP) is 23.7. The molecule has 0 aliphatic carbocycles. The van der Waals surface area contributed by atoms with E-state index in [9.17, 15) is 0 Å². The SMILES string of the molecule is CC(C)(C)N1CCCCC1.CC(C)(C)c1cnc(N2CCCC2)cn1.CC(C)(C)c1cnc(N2CCCCC2)cn1.CC(C)(C)c1cnc(N2CCCCC2)cn1.CC1CCCCN1c1cnc(C(C)(C)C)cn1.CC1CCN(c2cnc(C(C)(C)C)cn2)CC1.CCN(CC)c1ccc(C(C)(C)C)cn1.CCN(CC)c1cnc(C(C)(C)C)cn1.CN1CCN(c2cnc(C(C)(C)C)cn2)CC1. The van der Waals surface area contributed by atoms with Crippen LogP contribution in [-0.2, 0) is 43.3 Å². The van der Waals surface area contributed by atoms with E-state index in [2.05, 4.69) is 371 Å². The van der Waals surface area contributed by atoms with Crippen LogP contribution in [0.2, 0.25) is 0 Å². The van der Waals surface area contributed by atoms with Gasteiger partial charge < -0.3 is 44.1 Å². The van der Waals surface area contributed by atoms with Crippen molar-refractivity contribution in [3.8, 4) is 0 Å². The Balaban J connectivity index is 0.000000212. The van der Waals surface area contributed by atoms with Gasteiger partial charge in [-0.3, -0.25) is 39.8 Å². The van der Waals surface area contributed by atoms with Crippen LogP contribution in [0.3, 0.4) is 0 Å². The fourth-order valence-corrected chi connectivity index (χ4v) is 16.7. The molecule has 1 unspecified atom stereocenters. The minimum atomic E-state index is 0.0770. The van der Waals surface area contributed by atoms with Crippen LogP contribution in [0.5, 0.6) is 0 Å². The van der Waals surface area contributed by atoms with Gasteiger partial charge >= 0.3 is 0 Å². The van der Waals surface area contributed by atoms with E-state index in [-0.39, 0.29) is 43.3 Å². The van der Waals surface area contributed by atoms with E-state index in [1.165, 1.54) is 121 Å². The fourth-order valence-electron chi connectivity index (χ4n) is 16.7. The number of likely N-dealkylation sites (N-methyl/N-ethyl adjacent to an activating group) is 1. The van der Waals surface area contributed by atoms with Crippen molar-refractivity contribution in [1.29, 1.82) is 0 Å². The molecular formula is C113H191N25. The lowest BCUT2D eigenvalue weighted by Crippen LogP contribution is -2.44. The van der Waals surface area contributed by atoms with Crippen LogP contribution >= 0.6 is 0 Å². The van der Waals surface area contributed by atoms with Gasteiger partial charge in [0.2, 0.25) is 0 Å². The van der Waals surface area contributed by atoms with Crippen LogP contribution in [0.4, 0.5) is 46.5 Å². The maximum absolute atomic E-state index is 4.58. The van der Waals surface area contributed by atoms with E-state index in [0.29, 0.717) is 11.6 Å². The molecule has 768 valence electrons. The molecule has 7 aliphatic rings. The number of anilines is 8. The summed E-state index contributed by atoms with van der Waals surface area (Å²) in [7, 11) is 2.16. The Kier molecular flexibility index (Phi) is 45.2. The van der Waals surface area contributed by atoms with Crippen LogP contribution in [0, 0.1) is 5.92 Å². The molecule has 0 saturated carbocycles. The van der Waals surface area contributed by atoms with Gasteiger partial charge in [-0.1, -0.05) is 186 Å². The molecule has 7 fully saturated rings. The summed E-state index contributed by atoms with van der Waals surface area (Å²) < 4.78 is 0. The van der Waals surface area contributed by atoms with E-state index < -0.39 is 0 Å². The van der Waals surface area contributed by atoms with Crippen LogP contribution in [0.15, 0.2) is 105 Å². The zero-order chi connectivity index (χ0) is 102. The second-order valence-corrected chi connectivity index (χ2v) is 48.1. The largest absolute Gasteiger partial charge is 0.357 e. The number of hydrogen-bond donors (Lipinski definition) is 0. The molecule has 0 bridgehead atoms. The lowest BCUT2D eigenvalue weighted by Gasteiger charge is -2.38. The van der Waals surface area contributed by atoms with Crippen molar-refractivity contribution in [3.05, 3.63) is 151 Å². The molecule has 0 aromatic carbocycles. The Morgan fingerprint density at radius 1 is 0.246 bits per heavy atom. The highest BCUT2D eigenvalue weighted by Gasteiger charge is 2.29. The van der Waals surface area contributed by atoms with E-state index in [4.69, 9.17) is 0 Å². The first-order valence-electron chi connectivity index (χ1n) is 52.9. The van der Waals surface area contributed by atoms with Gasteiger partial charge in [0, 0.05) is 167 Å². The van der Waals surface area contributed by atoms with Crippen molar-refractivity contribution >= 4 is 46.5 Å². The number of pyridine rings is 1. The van der Waals surface area contributed by atoms with Crippen LogP contribution in [0.25, 0.3) is 0 Å². The van der Waals surface area contributed by atoms with Crippen LogP contribution in [0.1, 0.15) is 377 Å². The summed E-state index contributed by atoms with van der Waals surface area (Å²) in [4.78, 5) is 91.2. The molecule has 0 spiro atoms. The molecule has 25 nitrogen and oxygen atoms in total. The Morgan fingerprint density at radius 2 is 0.514 bits per heavy atom. The van der Waals surface area contributed by atoms with Gasteiger partial charge in [-0.05, 0) is 195 Å². The summed E-state index contributed by atoms with van der Waals surface area (Å²) in [6.07, 6.45) is 49.8. The molecule has 8 aromatic rings. The summed E-state index contributed by atoms with van der Waals surface area (Å²) in [6.45, 7) is 93.1. The number of aromatic nitrogens is 15. The first-order valence-corrected chi connectivity index (χ1v) is 52.9. The summed E-state index contributed by atoms with van der Waals surface area (Å²) in [5, 5.41) is 0. The Labute approximate surface area is 839 Å². The molecule has 0 N–H and O–H groups in total. The summed E-state index contributed by atoms with van der Waals surface area (Å²) in [6, 6.07) is 4.90. The van der Waals surface area contributed by atoms with E-state index >= 15 is 0 Å². The third-order valence-electron chi connectivity index (χ3n) is 26.8. The predicted molar refractivity (Wildman–Crippen MR) is 585 cm³/mol. The minimum Gasteiger partial charge on any atom is -0.357 e. The molecule has 25 heteroatoms. The van der Waals surface area contributed by atoms with Crippen LogP contribution in [-0.4, -0.2) is 228 Å². The average Bonchev–Trinajstić information content (AvgIpc) is 1.29. The first kappa shape index (κ1) is 116. The average molecular weight is 1900 g/mol. The van der Waals surface area contributed by atoms with E-state index in [1.807, 2.05) is 93.0 Å². The standard InChI is InChI=1S/2C14H23N3.C13H22N4.2C13H21N3.C13H22N2.C12H19N3.C12H21N3.C9H19N/c1-11-5-7-17(8-6-11)13-10-15-12(9-16-13)14(2,3)4;1-11-7-5-6-8-17(11)13-10-15-12(9-16-13)14(2,3)4;1-13(2,3)11-9-15-12(10-14-11)17-7-5-16(4)6-8-17;2*1-13(2,3)11-9-15-12(10-14-11)16-7-5-4-6-8-16;1-6-15(7-2)12-9-8-11(10-14-12)13(3,4)5;1-12(2,3)10-8-14-11(9-13-10)15-6-4-5-7-15;1-6-15(7-2)11-9-13-10(8-14-11)12(3,4)5;1-9(2,3)10-7-5-4-6-8-10/h2*9-11H,5-8H2,1-4H3;9-10H,5-8H2,1-4H3;2*9-10H,4-8H2,1-3H3;8-10H,6-7H2,1-5H3;8-9H,4-7H2,1-3H3;8-9H,6-7H2,1-5H3;4-8H2,1-3H3. The smallest absolute Gasteiger partial charge is 0.147 e. The molecular weight excluding hydrogens is 1710 g/mol. The monoisotopic (exact) mass is 1900 g/mol. The summed E-state index contributed by atoms with van der Waals surface area (Å²) in [5.74, 6) is 9.07. The second kappa shape index (κ2) is 53.8. The maximum Gasteiger partial charge on any atom is 0.147 e. The van der Waals surface area contributed by atoms with E-state index in [0.717, 1.165) is 204 Å². The number of piperazine rings is 1. The highest BCUT2D eigenvalue weighted by atomic mass is 15.3. The van der Waals surface area contributed by atoms with Gasteiger partial charge in [0.1, 0.15) is 46.5 Å². The van der Waals surface area contributed by atoms with Crippen molar-refractivity contribution in [2.45, 2.75) is 386 Å². The fraction of sp³-hybridized carbons (Fsp3) is 0.708. The molecule has 15 rings (SSSR count). The number of hydrogen-bond acceptors (Lipinski definition) is 25. The zero-order valence-corrected chi connectivity index (χ0v) is 93.4. The summed E-state index contributed by atoms with van der Waals surface area (Å²) in [5.41, 5.74) is 9.88. The van der Waals surface area contributed by atoms with Gasteiger partial charge in [0.05, 0.1) is 127 Å². The van der Waals surface area contributed by atoms with Gasteiger partial charge in [0.25, 0.3) is 0 Å². The van der Waals surface area contributed by atoms with Crippen molar-refractivity contribution in [3.63, 3.8) is 0 Å². The molecule has 0 amide bonds. The maximum atomic E-state index is 4.58. The van der Waals surface area contributed by atoms with Gasteiger partial charge in [0.15, 0.2) is 0 Å². The highest BCUT2D eigenvalue weighted by molar-refractivity contribution is 5.44. The molecule has 0 radical (unpaired) electrons. The van der Waals surface area contributed by atoms with Crippen molar-refractivity contribution < 1.29 is 0 Å². The lowest BCUT2D eigenvalue weighted by molar-refractivity contribution is 0.111. The zero-order valence-electron chi connectivity index (χ0n) is 93.4. The number of nitrogens with zero attached hydrogens (tertiary/aromatic N) is 25. The minimum absolute atomic E-state index is 0.0770. The van der Waals surface area contributed by atoms with Crippen molar-refractivity contribution in [2.75, 3.05) is 171 Å². The second-order valence-electron chi connectivity index (χ2n) is 48.1. The third kappa shape index (κ3) is 39.1. The first-order chi connectivity index (χ1) is 64.7. The number of rotatable bonds is 12. The van der Waals surface area contributed by atoms with Crippen molar-refractivity contribution in [1.82, 2.24) is 84.6 Å². The van der Waals surface area contributed by atoms with Gasteiger partial charge in [-0.2, -0.15) is 0 Å². The Bertz CT molecular complexity index is 4320. The Morgan fingerprint density at radius 3 is 0.768 bits per heavy atom. The third-order valence-corrected chi connectivity index (χ3v) is 26.8. The molecule has 15 heterocycles. The topological polar surface area (TPSA) is 226 Å².